The van der Waals surface area contributed by atoms with Crippen LogP contribution in [0.25, 0.3) is 0 Å². The molecule has 8 heteroatoms. The highest BCUT2D eigenvalue weighted by molar-refractivity contribution is 6.05. The van der Waals surface area contributed by atoms with Crippen LogP contribution in [0.15, 0.2) is 30.3 Å². The maximum atomic E-state index is 12.8. The Balaban J connectivity index is 1.84. The first-order chi connectivity index (χ1) is 14.5. The number of hydrogen-bond donors (Lipinski definition) is 1. The summed E-state index contributed by atoms with van der Waals surface area (Å²) in [6.45, 7) is 0.700. The molecule has 0 saturated heterocycles. The lowest BCUT2D eigenvalue weighted by Crippen LogP contribution is -2.37. The minimum Gasteiger partial charge on any atom is -0.493 e. The summed E-state index contributed by atoms with van der Waals surface area (Å²) in [6.07, 6.45) is 1.69. The van der Waals surface area contributed by atoms with Gasteiger partial charge in [0.05, 0.1) is 21.3 Å². The van der Waals surface area contributed by atoms with Crippen molar-refractivity contribution in [1.82, 2.24) is 0 Å². The van der Waals surface area contributed by atoms with Gasteiger partial charge in [-0.25, -0.2) is 0 Å². The molecule has 0 fully saturated rings. The molecule has 160 valence electrons. The quantitative estimate of drug-likeness (QED) is 0.750. The molecule has 0 aliphatic carbocycles. The summed E-state index contributed by atoms with van der Waals surface area (Å²) in [7, 11) is 6.01. The molecule has 3 rings (SSSR count). The Morgan fingerprint density at radius 3 is 2.30 bits per heavy atom. The van der Waals surface area contributed by atoms with Crippen LogP contribution in [0.2, 0.25) is 0 Å². The molecule has 0 bridgehead atoms. The molecule has 0 unspecified atom stereocenters. The van der Waals surface area contributed by atoms with Crippen molar-refractivity contribution in [1.29, 1.82) is 0 Å². The summed E-state index contributed by atoms with van der Waals surface area (Å²) in [5.74, 6) is 0.843. The van der Waals surface area contributed by atoms with Gasteiger partial charge in [0.1, 0.15) is 6.61 Å². The number of ether oxygens (including phenoxy) is 4. The summed E-state index contributed by atoms with van der Waals surface area (Å²) in [5.41, 5.74) is 2.88. The average molecular weight is 414 g/mol. The van der Waals surface area contributed by atoms with Gasteiger partial charge in [0.25, 0.3) is 11.8 Å². The van der Waals surface area contributed by atoms with E-state index in [9.17, 15) is 9.59 Å². The molecular formula is C22H26N2O6. The van der Waals surface area contributed by atoms with Gasteiger partial charge in [-0.1, -0.05) is 0 Å². The second kappa shape index (κ2) is 9.49. The number of fused-ring (bicyclic) bond motifs is 1. The number of aryl methyl sites for hydroxylation is 1. The third-order valence-electron chi connectivity index (χ3n) is 4.95. The lowest BCUT2D eigenvalue weighted by molar-refractivity contribution is -0.122. The van der Waals surface area contributed by atoms with Crippen LogP contribution in [-0.4, -0.2) is 53.4 Å². The first-order valence-corrected chi connectivity index (χ1v) is 9.56. The molecule has 2 aromatic carbocycles. The number of anilines is 2. The third kappa shape index (κ3) is 4.33. The molecule has 0 spiro atoms. The molecule has 1 aliphatic rings. The summed E-state index contributed by atoms with van der Waals surface area (Å²) in [5, 5.41) is 2.90. The molecule has 0 radical (unpaired) electrons. The number of rotatable bonds is 7. The second-order valence-corrected chi connectivity index (χ2v) is 6.79. The Kier molecular flexibility index (Phi) is 6.79. The number of methoxy groups -OCH3 is 4. The molecule has 1 N–H and O–H groups in total. The van der Waals surface area contributed by atoms with Gasteiger partial charge in [0.15, 0.2) is 11.5 Å². The fraction of sp³-hybridized carbons (Fsp3) is 0.364. The Labute approximate surface area is 175 Å². The molecular weight excluding hydrogens is 388 g/mol. The van der Waals surface area contributed by atoms with Gasteiger partial charge in [-0.2, -0.15) is 0 Å². The fourth-order valence-electron chi connectivity index (χ4n) is 3.55. The highest BCUT2D eigenvalue weighted by Gasteiger charge is 2.23. The first kappa shape index (κ1) is 21.4. The van der Waals surface area contributed by atoms with E-state index in [-0.39, 0.29) is 18.4 Å². The Bertz CT molecular complexity index is 918. The van der Waals surface area contributed by atoms with E-state index in [2.05, 4.69) is 5.32 Å². The number of amides is 2. The van der Waals surface area contributed by atoms with E-state index < -0.39 is 0 Å². The van der Waals surface area contributed by atoms with Crippen LogP contribution in [-0.2, 0) is 16.0 Å². The zero-order valence-electron chi connectivity index (χ0n) is 17.6. The van der Waals surface area contributed by atoms with Crippen LogP contribution in [0.4, 0.5) is 11.4 Å². The molecule has 0 saturated carbocycles. The van der Waals surface area contributed by atoms with Crippen molar-refractivity contribution in [3.05, 3.63) is 41.5 Å². The normalized spacial score (nSPS) is 12.7. The maximum absolute atomic E-state index is 12.8. The number of carbonyl (C=O) groups excluding carboxylic acids is 2. The van der Waals surface area contributed by atoms with Crippen LogP contribution < -0.4 is 24.4 Å². The molecule has 0 aromatic heterocycles. The average Bonchev–Trinajstić information content (AvgIpc) is 2.77. The van der Waals surface area contributed by atoms with Gasteiger partial charge in [0, 0.05) is 30.6 Å². The lowest BCUT2D eigenvalue weighted by atomic mass is 10.0. The number of nitrogens with one attached hydrogen (secondary N) is 1. The third-order valence-corrected chi connectivity index (χ3v) is 4.95. The summed E-state index contributed by atoms with van der Waals surface area (Å²) < 4.78 is 20.9. The van der Waals surface area contributed by atoms with Gasteiger partial charge in [-0.05, 0) is 48.7 Å². The number of hydrogen-bond acceptors (Lipinski definition) is 6. The van der Waals surface area contributed by atoms with Crippen LogP contribution in [0.1, 0.15) is 22.3 Å². The SMILES string of the molecule is COCC(=O)N1CCCc2cc(NC(=O)c3cc(OC)c(OC)c(OC)c3)ccc21. The van der Waals surface area contributed by atoms with Crippen molar-refractivity contribution in [2.24, 2.45) is 0 Å². The molecule has 1 aliphatic heterocycles. The smallest absolute Gasteiger partial charge is 0.255 e. The van der Waals surface area contributed by atoms with Crippen LogP contribution >= 0.6 is 0 Å². The zero-order valence-corrected chi connectivity index (χ0v) is 17.6. The van der Waals surface area contributed by atoms with E-state index in [0.29, 0.717) is 35.0 Å². The standard InChI is InChI=1S/C22H26N2O6/c1-27-13-20(25)24-9-5-6-14-10-16(7-8-17(14)24)23-22(26)15-11-18(28-2)21(30-4)19(12-15)29-3/h7-8,10-12H,5-6,9,13H2,1-4H3,(H,23,26). The minimum atomic E-state index is -0.308. The Hall–Kier alpha value is -3.26. The monoisotopic (exact) mass is 414 g/mol. The molecule has 8 nitrogen and oxygen atoms in total. The summed E-state index contributed by atoms with van der Waals surface area (Å²) >= 11 is 0. The molecule has 1 heterocycles. The molecule has 30 heavy (non-hydrogen) atoms. The van der Waals surface area contributed by atoms with Crippen molar-refractivity contribution in [2.75, 3.05) is 51.8 Å². The number of benzene rings is 2. The van der Waals surface area contributed by atoms with Crippen molar-refractivity contribution >= 4 is 23.2 Å². The maximum Gasteiger partial charge on any atom is 0.255 e. The van der Waals surface area contributed by atoms with E-state index in [1.165, 1.54) is 28.4 Å². The van der Waals surface area contributed by atoms with Gasteiger partial charge in [-0.3, -0.25) is 9.59 Å². The predicted molar refractivity (Wildman–Crippen MR) is 113 cm³/mol. The van der Waals surface area contributed by atoms with Crippen molar-refractivity contribution in [2.45, 2.75) is 12.8 Å². The predicted octanol–water partition coefficient (Wildman–Crippen LogP) is 2.89. The largest absolute Gasteiger partial charge is 0.493 e. The number of carbonyl (C=O) groups is 2. The Morgan fingerprint density at radius 2 is 1.70 bits per heavy atom. The molecule has 2 aromatic rings. The van der Waals surface area contributed by atoms with E-state index in [0.717, 1.165) is 24.1 Å². The zero-order chi connectivity index (χ0) is 21.7. The molecule has 0 atom stereocenters. The topological polar surface area (TPSA) is 86.3 Å². The Morgan fingerprint density at radius 1 is 1.00 bits per heavy atom. The summed E-state index contributed by atoms with van der Waals surface area (Å²) in [4.78, 5) is 26.8. The van der Waals surface area contributed by atoms with Gasteiger partial charge < -0.3 is 29.2 Å². The van der Waals surface area contributed by atoms with E-state index in [1.54, 1.807) is 23.1 Å². The van der Waals surface area contributed by atoms with Crippen molar-refractivity contribution in [3.63, 3.8) is 0 Å². The van der Waals surface area contributed by atoms with E-state index in [4.69, 9.17) is 18.9 Å². The van der Waals surface area contributed by atoms with E-state index in [1.807, 2.05) is 12.1 Å². The molecule has 2 amide bonds. The summed E-state index contributed by atoms with van der Waals surface area (Å²) in [6, 6.07) is 8.73. The fourth-order valence-corrected chi connectivity index (χ4v) is 3.55. The number of nitrogens with zero attached hydrogens (tertiary/aromatic N) is 1. The van der Waals surface area contributed by atoms with Gasteiger partial charge >= 0.3 is 0 Å². The highest BCUT2D eigenvalue weighted by atomic mass is 16.5. The van der Waals surface area contributed by atoms with Crippen molar-refractivity contribution in [3.8, 4) is 17.2 Å². The van der Waals surface area contributed by atoms with Crippen molar-refractivity contribution < 1.29 is 28.5 Å². The lowest BCUT2D eigenvalue weighted by Gasteiger charge is -2.29. The van der Waals surface area contributed by atoms with Crippen LogP contribution in [0.5, 0.6) is 17.2 Å². The van der Waals surface area contributed by atoms with Crippen LogP contribution in [0.3, 0.4) is 0 Å². The van der Waals surface area contributed by atoms with Gasteiger partial charge in [-0.15, -0.1) is 0 Å². The van der Waals surface area contributed by atoms with Crippen LogP contribution in [0, 0.1) is 0 Å². The van der Waals surface area contributed by atoms with E-state index >= 15 is 0 Å². The highest BCUT2D eigenvalue weighted by Crippen LogP contribution is 2.38. The minimum absolute atomic E-state index is 0.0407. The first-order valence-electron chi connectivity index (χ1n) is 9.56. The van der Waals surface area contributed by atoms with Gasteiger partial charge in [0.2, 0.25) is 5.75 Å². The second-order valence-electron chi connectivity index (χ2n) is 6.79.